The zero-order valence-corrected chi connectivity index (χ0v) is 22.3. The van der Waals surface area contributed by atoms with Crippen LogP contribution in [0.3, 0.4) is 0 Å². The minimum absolute atomic E-state index is 0.418. The largest absolute Gasteiger partial charge is 0.337 e. The molecular formula is C33H40N2P+. The van der Waals surface area contributed by atoms with Crippen molar-refractivity contribution in [2.24, 2.45) is 4.99 Å². The molecule has 2 aliphatic carbocycles. The van der Waals surface area contributed by atoms with Crippen molar-refractivity contribution >= 4 is 29.5 Å². The summed E-state index contributed by atoms with van der Waals surface area (Å²) in [6.07, 6.45) is 15.2. The van der Waals surface area contributed by atoms with Crippen LogP contribution in [0.4, 0.5) is 0 Å². The smallest absolute Gasteiger partial charge is 0.261 e. The molecule has 0 aliphatic heterocycles. The van der Waals surface area contributed by atoms with Gasteiger partial charge in [0, 0.05) is 6.04 Å². The average molecular weight is 496 g/mol. The van der Waals surface area contributed by atoms with E-state index in [4.69, 9.17) is 4.99 Å². The number of aliphatic imine (C=N–C) groups is 1. The molecule has 1 N–H and O–H groups in total. The van der Waals surface area contributed by atoms with Gasteiger partial charge in [0.2, 0.25) is 0 Å². The second-order valence-electron chi connectivity index (χ2n) is 10.3. The Morgan fingerprint density at radius 2 is 1.14 bits per heavy atom. The third kappa shape index (κ3) is 5.98. The topological polar surface area (TPSA) is 24.4 Å². The molecule has 0 heterocycles. The third-order valence-corrected chi connectivity index (χ3v) is 11.5. The van der Waals surface area contributed by atoms with E-state index in [0.717, 1.165) is 0 Å². The highest BCUT2D eigenvalue weighted by molar-refractivity contribution is 8.05. The van der Waals surface area contributed by atoms with Gasteiger partial charge in [0.1, 0.15) is 10.6 Å². The van der Waals surface area contributed by atoms with Crippen molar-refractivity contribution in [3.8, 4) is 0 Å². The van der Waals surface area contributed by atoms with Crippen molar-refractivity contribution in [3.63, 3.8) is 0 Å². The van der Waals surface area contributed by atoms with Crippen LogP contribution < -0.4 is 15.9 Å². The molecule has 0 saturated heterocycles. The summed E-state index contributed by atoms with van der Waals surface area (Å²) in [6.45, 7) is 0. The highest BCUT2D eigenvalue weighted by atomic mass is 31.2. The van der Waals surface area contributed by atoms with Crippen molar-refractivity contribution < 1.29 is 0 Å². The maximum Gasteiger partial charge on any atom is 0.261 e. The van der Waals surface area contributed by atoms with Gasteiger partial charge in [0.05, 0.1) is 11.9 Å². The molecule has 2 nitrogen and oxygen atoms in total. The Morgan fingerprint density at radius 1 is 0.639 bits per heavy atom. The summed E-state index contributed by atoms with van der Waals surface area (Å²) in [6, 6.07) is 34.1. The number of hydrogen-bond donors (Lipinski definition) is 1. The minimum atomic E-state index is -2.15. The molecule has 2 saturated carbocycles. The van der Waals surface area contributed by atoms with E-state index in [9.17, 15) is 0 Å². The first-order chi connectivity index (χ1) is 17.8. The van der Waals surface area contributed by atoms with E-state index in [1.807, 2.05) is 0 Å². The van der Waals surface area contributed by atoms with Crippen LogP contribution in [0.15, 0.2) is 102 Å². The molecule has 0 spiro atoms. The summed E-state index contributed by atoms with van der Waals surface area (Å²) in [5.41, 5.74) is 2.48. The fourth-order valence-corrected chi connectivity index (χ4v) is 9.45. The SMILES string of the molecule is C(=C\[P+](C(=NC1CCCCC1)NC1CCCCC1)(c1ccccc1)c1ccccc1)/c1ccccc1. The molecule has 36 heavy (non-hydrogen) atoms. The summed E-state index contributed by atoms with van der Waals surface area (Å²) in [7, 11) is -2.15. The van der Waals surface area contributed by atoms with E-state index in [1.54, 1.807) is 0 Å². The van der Waals surface area contributed by atoms with Gasteiger partial charge in [0.15, 0.2) is 7.26 Å². The van der Waals surface area contributed by atoms with Gasteiger partial charge in [-0.25, -0.2) is 4.99 Å². The average Bonchev–Trinajstić information content (AvgIpc) is 2.96. The first-order valence-corrected chi connectivity index (χ1v) is 15.8. The molecule has 0 aromatic heterocycles. The Bertz CT molecular complexity index is 1070. The maximum atomic E-state index is 5.67. The van der Waals surface area contributed by atoms with Crippen LogP contribution in [-0.2, 0) is 0 Å². The standard InChI is InChI=1S/C33H40N2P/c1-6-16-28(17-7-1)26-27-36(31-22-12-4-13-23-31,32-24-14-5-15-25-32)33(34-29-18-8-2-9-19-29)35-30-20-10-3-11-21-30/h1,4-7,12-17,22-27,29-30H,2-3,8-11,18-21H2,(H,34,35)/q+1/b27-26+. The lowest BCUT2D eigenvalue weighted by atomic mass is 9.95. The van der Waals surface area contributed by atoms with E-state index >= 15 is 0 Å². The van der Waals surface area contributed by atoms with Crippen molar-refractivity contribution in [2.45, 2.75) is 76.3 Å². The molecule has 2 fully saturated rings. The Hall–Kier alpha value is -2.70. The van der Waals surface area contributed by atoms with E-state index < -0.39 is 7.26 Å². The Balaban J connectivity index is 1.70. The number of rotatable bonds is 7. The number of amidine groups is 1. The lowest BCUT2D eigenvalue weighted by molar-refractivity contribution is 0.410. The fourth-order valence-electron chi connectivity index (χ4n) is 5.77. The number of hydrogen-bond acceptors (Lipinski definition) is 1. The van der Waals surface area contributed by atoms with E-state index in [-0.39, 0.29) is 0 Å². The van der Waals surface area contributed by atoms with Gasteiger partial charge >= 0.3 is 0 Å². The number of nitrogens with zero attached hydrogens (tertiary/aromatic N) is 1. The lowest BCUT2D eigenvalue weighted by Crippen LogP contribution is -2.42. The number of benzene rings is 3. The highest BCUT2D eigenvalue weighted by Gasteiger charge is 2.48. The molecule has 3 aromatic carbocycles. The van der Waals surface area contributed by atoms with Gasteiger partial charge < -0.3 is 5.32 Å². The van der Waals surface area contributed by atoms with Gasteiger partial charge in [-0.15, -0.1) is 0 Å². The molecule has 186 valence electrons. The Labute approximate surface area is 218 Å². The van der Waals surface area contributed by atoms with Gasteiger partial charge in [-0.2, -0.15) is 0 Å². The molecule has 0 atom stereocenters. The van der Waals surface area contributed by atoms with Crippen molar-refractivity contribution in [3.05, 3.63) is 102 Å². The van der Waals surface area contributed by atoms with Crippen LogP contribution in [0.2, 0.25) is 0 Å². The Morgan fingerprint density at radius 3 is 1.69 bits per heavy atom. The van der Waals surface area contributed by atoms with Crippen LogP contribution >= 0.6 is 7.26 Å². The van der Waals surface area contributed by atoms with Gasteiger partial charge in [0.25, 0.3) is 5.58 Å². The minimum Gasteiger partial charge on any atom is -0.337 e. The van der Waals surface area contributed by atoms with Crippen LogP contribution in [0, 0.1) is 0 Å². The zero-order valence-electron chi connectivity index (χ0n) is 21.4. The summed E-state index contributed by atoms with van der Waals surface area (Å²) < 4.78 is 0. The molecule has 2 aliphatic rings. The zero-order chi connectivity index (χ0) is 24.5. The summed E-state index contributed by atoms with van der Waals surface area (Å²) in [4.78, 5) is 5.67. The summed E-state index contributed by atoms with van der Waals surface area (Å²) >= 11 is 0. The van der Waals surface area contributed by atoms with Crippen LogP contribution in [0.25, 0.3) is 6.08 Å². The number of nitrogens with one attached hydrogen (secondary N) is 1. The van der Waals surface area contributed by atoms with E-state index in [2.05, 4.69) is 108 Å². The Kier molecular flexibility index (Phi) is 8.68. The maximum absolute atomic E-state index is 5.67. The molecule has 0 unspecified atom stereocenters. The van der Waals surface area contributed by atoms with Gasteiger partial charge in [-0.1, -0.05) is 105 Å². The molecule has 0 bridgehead atoms. The predicted octanol–water partition coefficient (Wildman–Crippen LogP) is 7.94. The fraction of sp³-hybridized carbons (Fsp3) is 0.364. The molecular weight excluding hydrogens is 455 g/mol. The van der Waals surface area contributed by atoms with Crippen molar-refractivity contribution in [1.82, 2.24) is 5.32 Å². The van der Waals surface area contributed by atoms with Crippen LogP contribution in [-0.4, -0.2) is 17.7 Å². The third-order valence-electron chi connectivity index (χ3n) is 7.77. The van der Waals surface area contributed by atoms with Gasteiger partial charge in [-0.3, -0.25) is 0 Å². The molecule has 3 aromatic rings. The lowest BCUT2D eigenvalue weighted by Gasteiger charge is -2.31. The van der Waals surface area contributed by atoms with E-state index in [1.165, 1.54) is 86.0 Å². The molecule has 0 radical (unpaired) electrons. The van der Waals surface area contributed by atoms with Crippen molar-refractivity contribution in [2.75, 3.05) is 0 Å². The normalized spacial score (nSPS) is 18.4. The second-order valence-corrected chi connectivity index (χ2v) is 13.5. The van der Waals surface area contributed by atoms with E-state index in [0.29, 0.717) is 12.1 Å². The van der Waals surface area contributed by atoms with Crippen molar-refractivity contribution in [1.29, 1.82) is 0 Å². The quantitative estimate of drug-likeness (QED) is 0.201. The predicted molar refractivity (Wildman–Crippen MR) is 159 cm³/mol. The highest BCUT2D eigenvalue weighted by Crippen LogP contribution is 2.59. The first-order valence-electron chi connectivity index (χ1n) is 13.9. The van der Waals surface area contributed by atoms with Crippen LogP contribution in [0.1, 0.15) is 69.8 Å². The molecule has 5 rings (SSSR count). The monoisotopic (exact) mass is 495 g/mol. The first kappa shape index (κ1) is 25.0. The van der Waals surface area contributed by atoms with Crippen LogP contribution in [0.5, 0.6) is 0 Å². The summed E-state index contributed by atoms with van der Waals surface area (Å²) in [5.74, 6) is 2.52. The molecule has 0 amide bonds. The molecule has 3 heteroatoms. The second kappa shape index (κ2) is 12.5. The summed E-state index contributed by atoms with van der Waals surface area (Å²) in [5, 5.41) is 6.88. The van der Waals surface area contributed by atoms with Gasteiger partial charge in [-0.05, 0) is 61.6 Å².